The highest BCUT2D eigenvalue weighted by molar-refractivity contribution is 9.10. The van der Waals surface area contributed by atoms with E-state index in [4.69, 9.17) is 4.74 Å². The molecule has 0 saturated heterocycles. The van der Waals surface area contributed by atoms with Crippen molar-refractivity contribution in [3.05, 3.63) is 58.8 Å². The van der Waals surface area contributed by atoms with Gasteiger partial charge in [0.15, 0.2) is 0 Å². The highest BCUT2D eigenvalue weighted by atomic mass is 79.9. The smallest absolute Gasteiger partial charge is 0.123 e. The molecule has 5 heteroatoms. The Bertz CT molecular complexity index is 481. The van der Waals surface area contributed by atoms with E-state index >= 15 is 0 Å². The topological polar surface area (TPSA) is 41.5 Å². The number of benzene rings is 2. The zero-order valence-corrected chi connectivity index (χ0v) is 12.3. The van der Waals surface area contributed by atoms with E-state index in [1.54, 1.807) is 0 Å². The molecule has 2 rings (SSSR count). The normalized spacial score (nSPS) is 11.9. The van der Waals surface area contributed by atoms with E-state index in [1.165, 1.54) is 24.3 Å². The molecule has 0 saturated carbocycles. The number of hydrogen-bond acceptors (Lipinski definition) is 3. The van der Waals surface area contributed by atoms with Crippen LogP contribution in [0.4, 0.5) is 10.1 Å². The van der Waals surface area contributed by atoms with Crippen LogP contribution in [0.5, 0.6) is 5.75 Å². The summed E-state index contributed by atoms with van der Waals surface area (Å²) in [6.45, 7) is 0.526. The van der Waals surface area contributed by atoms with Crippen molar-refractivity contribution in [3.8, 4) is 5.75 Å². The average molecular weight is 340 g/mol. The van der Waals surface area contributed by atoms with E-state index in [9.17, 15) is 9.50 Å². The molecule has 0 amide bonds. The summed E-state index contributed by atoms with van der Waals surface area (Å²) in [7, 11) is 0. The van der Waals surface area contributed by atoms with Gasteiger partial charge in [-0.25, -0.2) is 4.39 Å². The minimum absolute atomic E-state index is 0.148. The summed E-state index contributed by atoms with van der Waals surface area (Å²) in [6, 6.07) is 13.4. The Kier molecular flexibility index (Phi) is 5.38. The molecule has 0 bridgehead atoms. The maximum Gasteiger partial charge on any atom is 0.123 e. The van der Waals surface area contributed by atoms with Gasteiger partial charge in [0.2, 0.25) is 0 Å². The summed E-state index contributed by atoms with van der Waals surface area (Å²) < 4.78 is 19.1. The van der Waals surface area contributed by atoms with Crippen LogP contribution in [0.2, 0.25) is 0 Å². The first kappa shape index (κ1) is 14.8. The van der Waals surface area contributed by atoms with Crippen molar-refractivity contribution >= 4 is 21.6 Å². The number of aliphatic hydroxyl groups is 1. The molecule has 1 unspecified atom stereocenters. The van der Waals surface area contributed by atoms with Gasteiger partial charge in [-0.2, -0.15) is 0 Å². The molecular weight excluding hydrogens is 325 g/mol. The molecule has 2 aromatic rings. The zero-order chi connectivity index (χ0) is 14.4. The van der Waals surface area contributed by atoms with Crippen LogP contribution in [-0.2, 0) is 0 Å². The monoisotopic (exact) mass is 339 g/mol. The fourth-order valence-electron chi connectivity index (χ4n) is 1.59. The van der Waals surface area contributed by atoms with Crippen molar-refractivity contribution in [2.24, 2.45) is 0 Å². The number of nitrogens with one attached hydrogen (secondary N) is 1. The van der Waals surface area contributed by atoms with Crippen molar-refractivity contribution in [1.29, 1.82) is 0 Å². The van der Waals surface area contributed by atoms with E-state index in [0.717, 1.165) is 10.2 Å². The largest absolute Gasteiger partial charge is 0.491 e. The molecule has 0 aliphatic heterocycles. The van der Waals surface area contributed by atoms with Crippen LogP contribution in [0.25, 0.3) is 0 Å². The number of rotatable bonds is 6. The van der Waals surface area contributed by atoms with Crippen LogP contribution < -0.4 is 10.1 Å². The number of ether oxygens (including phenoxy) is 1. The first-order valence-corrected chi connectivity index (χ1v) is 6.98. The molecule has 1 atom stereocenters. The van der Waals surface area contributed by atoms with Crippen molar-refractivity contribution in [1.82, 2.24) is 0 Å². The van der Waals surface area contributed by atoms with E-state index in [0.29, 0.717) is 12.3 Å². The van der Waals surface area contributed by atoms with Gasteiger partial charge in [-0.05, 0) is 48.5 Å². The molecule has 0 aliphatic rings. The first-order chi connectivity index (χ1) is 9.63. The summed E-state index contributed by atoms with van der Waals surface area (Å²) >= 11 is 3.36. The van der Waals surface area contributed by atoms with Gasteiger partial charge in [0.25, 0.3) is 0 Å². The van der Waals surface area contributed by atoms with Gasteiger partial charge in [0.05, 0.1) is 0 Å². The molecule has 106 valence electrons. The Hall–Kier alpha value is -1.59. The number of hydrogen-bond donors (Lipinski definition) is 2. The number of anilines is 1. The Morgan fingerprint density at radius 3 is 2.40 bits per heavy atom. The number of halogens is 2. The SMILES string of the molecule is OC(CNc1ccc(Br)cc1)COc1ccc(F)cc1. The maximum absolute atomic E-state index is 12.7. The molecule has 20 heavy (non-hydrogen) atoms. The Balaban J connectivity index is 1.73. The van der Waals surface area contributed by atoms with Gasteiger partial charge < -0.3 is 15.2 Å². The van der Waals surface area contributed by atoms with E-state index in [-0.39, 0.29) is 12.4 Å². The second-order valence-electron chi connectivity index (χ2n) is 4.31. The number of aliphatic hydroxyl groups excluding tert-OH is 1. The molecule has 0 aliphatic carbocycles. The molecule has 3 nitrogen and oxygen atoms in total. The third-order valence-corrected chi connectivity index (χ3v) is 3.17. The van der Waals surface area contributed by atoms with Crippen molar-refractivity contribution in [3.63, 3.8) is 0 Å². The van der Waals surface area contributed by atoms with Crippen molar-refractivity contribution in [2.75, 3.05) is 18.5 Å². The lowest BCUT2D eigenvalue weighted by Crippen LogP contribution is -2.26. The lowest BCUT2D eigenvalue weighted by Gasteiger charge is -2.14. The van der Waals surface area contributed by atoms with Crippen LogP contribution in [-0.4, -0.2) is 24.4 Å². The predicted octanol–water partition coefficient (Wildman–Crippen LogP) is 3.44. The zero-order valence-electron chi connectivity index (χ0n) is 10.7. The van der Waals surface area contributed by atoms with Gasteiger partial charge >= 0.3 is 0 Å². The summed E-state index contributed by atoms with van der Waals surface area (Å²) in [5.74, 6) is 0.226. The highest BCUT2D eigenvalue weighted by Gasteiger charge is 2.05. The van der Waals surface area contributed by atoms with Crippen LogP contribution in [0.1, 0.15) is 0 Å². The first-order valence-electron chi connectivity index (χ1n) is 6.19. The summed E-state index contributed by atoms with van der Waals surface area (Å²) in [4.78, 5) is 0. The summed E-state index contributed by atoms with van der Waals surface area (Å²) in [5.41, 5.74) is 0.925. The van der Waals surface area contributed by atoms with Gasteiger partial charge in [-0.1, -0.05) is 15.9 Å². The minimum Gasteiger partial charge on any atom is -0.491 e. The molecule has 0 aromatic heterocycles. The summed E-state index contributed by atoms with van der Waals surface area (Å²) in [5, 5.41) is 12.9. The molecule has 2 aromatic carbocycles. The van der Waals surface area contributed by atoms with Crippen molar-refractivity contribution < 1.29 is 14.2 Å². The molecule has 0 fully saturated rings. The predicted molar refractivity (Wildman–Crippen MR) is 80.5 cm³/mol. The third-order valence-electron chi connectivity index (χ3n) is 2.64. The van der Waals surface area contributed by atoms with Crippen LogP contribution in [0.3, 0.4) is 0 Å². The summed E-state index contributed by atoms with van der Waals surface area (Å²) in [6.07, 6.45) is -0.649. The third kappa shape index (κ3) is 4.83. The van der Waals surface area contributed by atoms with E-state index < -0.39 is 6.10 Å². The Labute approximate surface area is 125 Å². The second kappa shape index (κ2) is 7.26. The molecule has 0 spiro atoms. The van der Waals surface area contributed by atoms with E-state index in [2.05, 4.69) is 21.2 Å². The lowest BCUT2D eigenvalue weighted by molar-refractivity contribution is 0.117. The Morgan fingerprint density at radius 1 is 1.10 bits per heavy atom. The second-order valence-corrected chi connectivity index (χ2v) is 5.22. The van der Waals surface area contributed by atoms with Crippen LogP contribution in [0, 0.1) is 5.82 Å². The maximum atomic E-state index is 12.7. The van der Waals surface area contributed by atoms with Gasteiger partial charge in [-0.15, -0.1) is 0 Å². The lowest BCUT2D eigenvalue weighted by atomic mass is 10.3. The van der Waals surface area contributed by atoms with Gasteiger partial charge in [-0.3, -0.25) is 0 Å². The van der Waals surface area contributed by atoms with Crippen molar-refractivity contribution in [2.45, 2.75) is 6.10 Å². The molecule has 0 heterocycles. The van der Waals surface area contributed by atoms with Gasteiger partial charge in [0.1, 0.15) is 24.3 Å². The molecule has 0 radical (unpaired) electrons. The average Bonchev–Trinajstić information content (AvgIpc) is 2.46. The molecule has 2 N–H and O–H groups in total. The fourth-order valence-corrected chi connectivity index (χ4v) is 1.85. The standard InChI is InChI=1S/C15H15BrFNO2/c16-11-1-5-13(6-2-11)18-9-14(19)10-20-15-7-3-12(17)4-8-15/h1-8,14,18-19H,9-10H2. The Morgan fingerprint density at radius 2 is 1.75 bits per heavy atom. The quantitative estimate of drug-likeness (QED) is 0.847. The fraction of sp³-hybridized carbons (Fsp3) is 0.200. The molecular formula is C15H15BrFNO2. The van der Waals surface area contributed by atoms with Crippen LogP contribution in [0.15, 0.2) is 53.0 Å². The highest BCUT2D eigenvalue weighted by Crippen LogP contribution is 2.14. The van der Waals surface area contributed by atoms with E-state index in [1.807, 2.05) is 24.3 Å². The van der Waals surface area contributed by atoms with Gasteiger partial charge in [0, 0.05) is 16.7 Å². The van der Waals surface area contributed by atoms with Crippen LogP contribution >= 0.6 is 15.9 Å². The minimum atomic E-state index is -0.649.